The van der Waals surface area contributed by atoms with E-state index in [1.54, 1.807) is 18.0 Å². The van der Waals surface area contributed by atoms with E-state index in [1.165, 1.54) is 5.56 Å². The molecule has 0 radical (unpaired) electrons. The van der Waals surface area contributed by atoms with Crippen molar-refractivity contribution in [1.82, 2.24) is 4.90 Å². The topological polar surface area (TPSA) is 46.4 Å². The third-order valence-corrected chi connectivity index (χ3v) is 5.19. The van der Waals surface area contributed by atoms with E-state index in [-0.39, 0.29) is 10.6 Å². The van der Waals surface area contributed by atoms with Gasteiger partial charge in [-0.1, -0.05) is 42.5 Å². The highest BCUT2D eigenvalue weighted by atomic mass is 32.2. The van der Waals surface area contributed by atoms with Gasteiger partial charge in [0.1, 0.15) is 0 Å². The third kappa shape index (κ3) is 4.17. The molecule has 1 aliphatic rings. The van der Waals surface area contributed by atoms with E-state index in [0.29, 0.717) is 5.56 Å². The van der Waals surface area contributed by atoms with Gasteiger partial charge in [-0.15, -0.1) is 11.8 Å². The Morgan fingerprint density at radius 3 is 2.46 bits per heavy atom. The lowest BCUT2D eigenvalue weighted by Gasteiger charge is -2.12. The molecule has 0 atom stereocenters. The molecule has 1 heterocycles. The van der Waals surface area contributed by atoms with Gasteiger partial charge in [-0.2, -0.15) is 0 Å². The predicted octanol–water partition coefficient (Wildman–Crippen LogP) is 4.65. The van der Waals surface area contributed by atoms with Crippen molar-refractivity contribution in [3.63, 3.8) is 0 Å². The molecule has 4 nitrogen and oxygen atoms in total. The summed E-state index contributed by atoms with van der Waals surface area (Å²) in [6.07, 6.45) is 3.92. The molecule has 1 saturated heterocycles. The minimum absolute atomic E-state index is 0.188. The number of nitrogens with zero attached hydrogens (tertiary/aromatic N) is 2. The van der Waals surface area contributed by atoms with Crippen LogP contribution in [0, 0.1) is 10.1 Å². The first-order valence-electron chi connectivity index (χ1n) is 8.10. The van der Waals surface area contributed by atoms with E-state index in [9.17, 15) is 10.1 Å². The molecule has 1 aliphatic heterocycles. The summed E-state index contributed by atoms with van der Waals surface area (Å²) in [6.45, 7) is 1.80. The average Bonchev–Trinajstić information content (AvgIpc) is 3.12. The van der Waals surface area contributed by atoms with E-state index in [2.05, 4.69) is 17.0 Å². The second-order valence-electron chi connectivity index (χ2n) is 5.78. The van der Waals surface area contributed by atoms with Crippen molar-refractivity contribution in [1.29, 1.82) is 0 Å². The first-order valence-corrected chi connectivity index (χ1v) is 9.09. The first kappa shape index (κ1) is 16.6. The van der Waals surface area contributed by atoms with Gasteiger partial charge in [-0.05, 0) is 30.5 Å². The van der Waals surface area contributed by atoms with Crippen LogP contribution in [0.3, 0.4) is 0 Å². The standard InChI is InChI=1S/C19H20N2O2S/c22-21(23)18(14-20-12-6-7-13-20)17-10-4-5-11-19(17)24-15-16-8-2-1-3-9-16/h1-5,8-11,14H,6-7,12-13,15H2/b18-14+. The SMILES string of the molecule is O=[N+]([O-])/C(=C/N1CCCC1)c1ccccc1SCc1ccccc1. The maximum absolute atomic E-state index is 11.6. The van der Waals surface area contributed by atoms with Crippen LogP contribution in [0.25, 0.3) is 5.70 Å². The number of hydrogen-bond acceptors (Lipinski definition) is 4. The maximum atomic E-state index is 11.6. The molecule has 124 valence electrons. The minimum atomic E-state index is -0.264. The first-order chi connectivity index (χ1) is 11.7. The second-order valence-corrected chi connectivity index (χ2v) is 6.80. The summed E-state index contributed by atoms with van der Waals surface area (Å²) in [5.74, 6) is 0.798. The van der Waals surface area contributed by atoms with Crippen LogP contribution in [0.15, 0.2) is 65.7 Å². The molecule has 0 aromatic heterocycles. The minimum Gasteiger partial charge on any atom is -0.372 e. The molecule has 0 spiro atoms. The molecule has 0 N–H and O–H groups in total. The number of nitro groups is 1. The van der Waals surface area contributed by atoms with Gasteiger partial charge in [0.2, 0.25) is 0 Å². The fraction of sp³-hybridized carbons (Fsp3) is 0.263. The van der Waals surface area contributed by atoms with Gasteiger partial charge in [0.15, 0.2) is 0 Å². The van der Waals surface area contributed by atoms with Gasteiger partial charge in [0, 0.05) is 23.7 Å². The Balaban J connectivity index is 1.84. The summed E-state index contributed by atoms with van der Waals surface area (Å²) in [6, 6.07) is 17.8. The number of likely N-dealkylation sites (tertiary alicyclic amines) is 1. The lowest BCUT2D eigenvalue weighted by atomic mass is 10.1. The van der Waals surface area contributed by atoms with Crippen LogP contribution in [0.5, 0.6) is 0 Å². The second kappa shape index (κ2) is 8.02. The summed E-state index contributed by atoms with van der Waals surface area (Å²) >= 11 is 1.64. The van der Waals surface area contributed by atoms with Gasteiger partial charge in [-0.3, -0.25) is 10.1 Å². The molecule has 2 aromatic carbocycles. The fourth-order valence-corrected chi connectivity index (χ4v) is 3.82. The highest BCUT2D eigenvalue weighted by molar-refractivity contribution is 7.98. The number of thioether (sulfide) groups is 1. The summed E-state index contributed by atoms with van der Waals surface area (Å²) in [4.78, 5) is 14.4. The maximum Gasteiger partial charge on any atom is 0.293 e. The molecular weight excluding hydrogens is 320 g/mol. The van der Waals surface area contributed by atoms with E-state index >= 15 is 0 Å². The Kier molecular flexibility index (Phi) is 5.54. The van der Waals surface area contributed by atoms with Crippen LogP contribution in [0.1, 0.15) is 24.0 Å². The summed E-state index contributed by atoms with van der Waals surface area (Å²) in [5, 5.41) is 11.6. The van der Waals surface area contributed by atoms with Crippen LogP contribution < -0.4 is 0 Å². The van der Waals surface area contributed by atoms with Gasteiger partial charge in [0.05, 0.1) is 16.7 Å². The van der Waals surface area contributed by atoms with Gasteiger partial charge < -0.3 is 4.90 Å². The van der Waals surface area contributed by atoms with E-state index in [1.807, 2.05) is 42.5 Å². The highest BCUT2D eigenvalue weighted by Gasteiger charge is 2.21. The Labute approximate surface area is 146 Å². The Morgan fingerprint density at radius 1 is 1.08 bits per heavy atom. The average molecular weight is 340 g/mol. The van der Waals surface area contributed by atoms with Crippen LogP contribution in [0.4, 0.5) is 0 Å². The quantitative estimate of drug-likeness (QED) is 0.436. The van der Waals surface area contributed by atoms with Gasteiger partial charge >= 0.3 is 0 Å². The predicted molar refractivity (Wildman–Crippen MR) is 98.2 cm³/mol. The zero-order chi connectivity index (χ0) is 16.8. The van der Waals surface area contributed by atoms with Crippen LogP contribution in [-0.4, -0.2) is 22.9 Å². The zero-order valence-corrected chi connectivity index (χ0v) is 14.2. The third-order valence-electron chi connectivity index (χ3n) is 4.04. The summed E-state index contributed by atoms with van der Waals surface area (Å²) in [5.41, 5.74) is 2.10. The fourth-order valence-electron chi connectivity index (χ4n) is 2.80. The van der Waals surface area contributed by atoms with Crippen molar-refractivity contribution < 1.29 is 4.92 Å². The molecule has 1 fully saturated rings. The van der Waals surface area contributed by atoms with Crippen molar-refractivity contribution in [2.24, 2.45) is 0 Å². The van der Waals surface area contributed by atoms with Crippen molar-refractivity contribution in [3.05, 3.63) is 82.0 Å². The monoisotopic (exact) mass is 340 g/mol. The molecule has 0 amide bonds. The zero-order valence-electron chi connectivity index (χ0n) is 13.4. The van der Waals surface area contributed by atoms with E-state index in [4.69, 9.17) is 0 Å². The number of rotatable bonds is 6. The molecule has 0 saturated carbocycles. The van der Waals surface area contributed by atoms with Gasteiger partial charge in [0.25, 0.3) is 5.70 Å². The molecule has 0 unspecified atom stereocenters. The van der Waals surface area contributed by atoms with Crippen LogP contribution in [0.2, 0.25) is 0 Å². The molecule has 0 aliphatic carbocycles. The lowest BCUT2D eigenvalue weighted by molar-refractivity contribution is -0.376. The van der Waals surface area contributed by atoms with E-state index in [0.717, 1.165) is 36.6 Å². The normalized spacial score (nSPS) is 14.8. The smallest absolute Gasteiger partial charge is 0.293 e. The Morgan fingerprint density at radius 2 is 1.75 bits per heavy atom. The molecule has 3 rings (SSSR count). The van der Waals surface area contributed by atoms with Gasteiger partial charge in [-0.25, -0.2) is 0 Å². The molecular formula is C19H20N2O2S. The lowest BCUT2D eigenvalue weighted by Crippen LogP contribution is -2.14. The van der Waals surface area contributed by atoms with Crippen molar-refractivity contribution >= 4 is 17.5 Å². The number of hydrogen-bond donors (Lipinski definition) is 0. The molecule has 5 heteroatoms. The van der Waals surface area contributed by atoms with Crippen molar-refractivity contribution in [3.8, 4) is 0 Å². The van der Waals surface area contributed by atoms with Crippen molar-refractivity contribution in [2.75, 3.05) is 13.1 Å². The van der Waals surface area contributed by atoms with E-state index < -0.39 is 0 Å². The molecule has 0 bridgehead atoms. The summed E-state index contributed by atoms with van der Waals surface area (Å²) < 4.78 is 0. The molecule has 2 aromatic rings. The number of benzene rings is 2. The van der Waals surface area contributed by atoms with Crippen molar-refractivity contribution in [2.45, 2.75) is 23.5 Å². The highest BCUT2D eigenvalue weighted by Crippen LogP contribution is 2.31. The Hall–Kier alpha value is -2.27. The molecule has 24 heavy (non-hydrogen) atoms. The van der Waals surface area contributed by atoms with Crippen LogP contribution >= 0.6 is 11.8 Å². The Bertz CT molecular complexity index is 725. The van der Waals surface area contributed by atoms with Crippen LogP contribution in [-0.2, 0) is 5.75 Å². The largest absolute Gasteiger partial charge is 0.372 e. The summed E-state index contributed by atoms with van der Waals surface area (Å²) in [7, 11) is 0.